The van der Waals surface area contributed by atoms with Crippen LogP contribution in [0.3, 0.4) is 0 Å². The van der Waals surface area contributed by atoms with E-state index in [0.29, 0.717) is 5.75 Å². The third-order valence-electron chi connectivity index (χ3n) is 1.52. The van der Waals surface area contributed by atoms with Gasteiger partial charge >= 0.3 is 10.3 Å². The molecule has 0 spiro atoms. The van der Waals surface area contributed by atoms with Gasteiger partial charge in [0.2, 0.25) is 0 Å². The molecule has 0 saturated heterocycles. The van der Waals surface area contributed by atoms with Crippen LogP contribution in [-0.2, 0) is 10.3 Å². The van der Waals surface area contributed by atoms with Crippen LogP contribution in [0.15, 0.2) is 24.3 Å². The molecular formula is C8H11NO4S. The van der Waals surface area contributed by atoms with Crippen molar-refractivity contribution in [1.82, 2.24) is 4.72 Å². The normalized spacial score (nSPS) is 11.0. The molecule has 0 heterocycles. The minimum absolute atomic E-state index is 0.157. The number of nitrogens with one attached hydrogen (secondary N) is 1. The molecule has 14 heavy (non-hydrogen) atoms. The molecule has 5 nitrogen and oxygen atoms in total. The average Bonchev–Trinajstić information content (AvgIpc) is 2.18. The summed E-state index contributed by atoms with van der Waals surface area (Å²) in [4.78, 5) is 0. The van der Waals surface area contributed by atoms with Crippen LogP contribution in [0.1, 0.15) is 0 Å². The van der Waals surface area contributed by atoms with Gasteiger partial charge in [-0.25, -0.2) is 0 Å². The molecule has 1 rings (SSSR count). The maximum atomic E-state index is 11.0. The van der Waals surface area contributed by atoms with Crippen molar-refractivity contribution in [3.05, 3.63) is 24.3 Å². The molecule has 0 saturated carbocycles. The SMILES string of the molecule is CNS(=O)(=O)Oc1ccccc1OC. The molecule has 0 amide bonds. The van der Waals surface area contributed by atoms with Crippen molar-refractivity contribution >= 4 is 10.3 Å². The summed E-state index contributed by atoms with van der Waals surface area (Å²) >= 11 is 0. The molecular weight excluding hydrogens is 206 g/mol. The van der Waals surface area contributed by atoms with Gasteiger partial charge in [0.05, 0.1) is 7.11 Å². The van der Waals surface area contributed by atoms with E-state index in [1.165, 1.54) is 20.2 Å². The van der Waals surface area contributed by atoms with Gasteiger partial charge in [-0.2, -0.15) is 13.1 Å². The summed E-state index contributed by atoms with van der Waals surface area (Å²) in [5.41, 5.74) is 0. The molecule has 0 aliphatic carbocycles. The van der Waals surface area contributed by atoms with Crippen molar-refractivity contribution in [2.24, 2.45) is 0 Å². The molecule has 78 valence electrons. The summed E-state index contributed by atoms with van der Waals surface area (Å²) in [6.45, 7) is 0. The topological polar surface area (TPSA) is 64.6 Å². The molecule has 6 heteroatoms. The molecule has 0 fully saturated rings. The van der Waals surface area contributed by atoms with Crippen molar-refractivity contribution < 1.29 is 17.3 Å². The van der Waals surface area contributed by atoms with E-state index in [2.05, 4.69) is 0 Å². The molecule has 1 aromatic carbocycles. The van der Waals surface area contributed by atoms with Crippen molar-refractivity contribution in [2.75, 3.05) is 14.2 Å². The van der Waals surface area contributed by atoms with Crippen LogP contribution in [0.25, 0.3) is 0 Å². The fourth-order valence-corrected chi connectivity index (χ4v) is 1.30. The summed E-state index contributed by atoms with van der Waals surface area (Å²) in [6.07, 6.45) is 0. The Morgan fingerprint density at radius 2 is 1.79 bits per heavy atom. The van der Waals surface area contributed by atoms with Gasteiger partial charge in [0.1, 0.15) is 0 Å². The molecule has 0 aliphatic rings. The van der Waals surface area contributed by atoms with E-state index in [-0.39, 0.29) is 5.75 Å². The molecule has 0 bridgehead atoms. The molecule has 0 aliphatic heterocycles. The van der Waals surface area contributed by atoms with Crippen LogP contribution in [-0.4, -0.2) is 22.6 Å². The monoisotopic (exact) mass is 217 g/mol. The first-order chi connectivity index (χ1) is 6.59. The highest BCUT2D eigenvalue weighted by molar-refractivity contribution is 7.85. The fraction of sp³-hybridized carbons (Fsp3) is 0.250. The van der Waals surface area contributed by atoms with Crippen LogP contribution in [0.2, 0.25) is 0 Å². The standard InChI is InChI=1S/C8H11NO4S/c1-9-14(10,11)13-8-6-4-3-5-7(8)12-2/h3-6,9H,1-2H3. The summed E-state index contributed by atoms with van der Waals surface area (Å²) in [5, 5.41) is 0. The van der Waals surface area contributed by atoms with Gasteiger partial charge < -0.3 is 8.92 Å². The summed E-state index contributed by atoms with van der Waals surface area (Å²) in [5.74, 6) is 0.524. The number of benzene rings is 1. The second-order valence-corrected chi connectivity index (χ2v) is 3.88. The third kappa shape index (κ3) is 2.61. The Labute approximate surface area is 82.9 Å². The quantitative estimate of drug-likeness (QED) is 0.799. The van der Waals surface area contributed by atoms with Crippen LogP contribution in [0.4, 0.5) is 0 Å². The Kier molecular flexibility index (Phi) is 3.32. The average molecular weight is 217 g/mol. The first-order valence-corrected chi connectivity index (χ1v) is 5.26. The van der Waals surface area contributed by atoms with Gasteiger partial charge in [-0.3, -0.25) is 0 Å². The predicted octanol–water partition coefficient (Wildman–Crippen LogP) is 0.538. The second-order valence-electron chi connectivity index (χ2n) is 2.39. The first-order valence-electron chi connectivity index (χ1n) is 3.85. The Bertz CT molecular complexity index is 402. The van der Waals surface area contributed by atoms with Crippen molar-refractivity contribution in [3.8, 4) is 11.5 Å². The van der Waals surface area contributed by atoms with Crippen LogP contribution < -0.4 is 13.6 Å². The largest absolute Gasteiger partial charge is 0.493 e. The lowest BCUT2D eigenvalue weighted by atomic mass is 10.3. The van der Waals surface area contributed by atoms with Gasteiger partial charge in [0.15, 0.2) is 11.5 Å². The number of hydrogen-bond donors (Lipinski definition) is 1. The Hall–Kier alpha value is -1.27. The highest BCUT2D eigenvalue weighted by Crippen LogP contribution is 2.26. The molecule has 0 radical (unpaired) electrons. The predicted molar refractivity (Wildman–Crippen MR) is 51.6 cm³/mol. The molecule has 1 aromatic rings. The summed E-state index contributed by atoms with van der Waals surface area (Å²) in [6, 6.07) is 6.49. The Morgan fingerprint density at radius 3 is 2.29 bits per heavy atom. The fourth-order valence-electron chi connectivity index (χ4n) is 0.848. The van der Waals surface area contributed by atoms with Gasteiger partial charge in [-0.05, 0) is 12.1 Å². The molecule has 0 atom stereocenters. The van der Waals surface area contributed by atoms with Gasteiger partial charge in [-0.15, -0.1) is 0 Å². The molecule has 1 N–H and O–H groups in total. The van der Waals surface area contributed by atoms with Gasteiger partial charge in [-0.1, -0.05) is 12.1 Å². The molecule has 0 aromatic heterocycles. The van der Waals surface area contributed by atoms with E-state index in [4.69, 9.17) is 8.92 Å². The number of para-hydroxylation sites is 2. The highest BCUT2D eigenvalue weighted by atomic mass is 32.2. The third-order valence-corrected chi connectivity index (χ3v) is 2.42. The zero-order valence-corrected chi connectivity index (χ0v) is 8.67. The lowest BCUT2D eigenvalue weighted by Crippen LogP contribution is -2.24. The summed E-state index contributed by atoms with van der Waals surface area (Å²) in [7, 11) is -1.03. The van der Waals surface area contributed by atoms with E-state index in [1.807, 2.05) is 4.72 Å². The number of hydrogen-bond acceptors (Lipinski definition) is 4. The van der Waals surface area contributed by atoms with E-state index in [9.17, 15) is 8.42 Å². The minimum atomic E-state index is -3.74. The van der Waals surface area contributed by atoms with Crippen LogP contribution >= 0.6 is 0 Å². The van der Waals surface area contributed by atoms with Crippen molar-refractivity contribution in [3.63, 3.8) is 0 Å². The second kappa shape index (κ2) is 4.30. The van der Waals surface area contributed by atoms with Gasteiger partial charge in [0, 0.05) is 7.05 Å². The molecule has 0 unspecified atom stereocenters. The maximum absolute atomic E-state index is 11.0. The van der Waals surface area contributed by atoms with Crippen LogP contribution in [0.5, 0.6) is 11.5 Å². The Morgan fingerprint density at radius 1 is 1.21 bits per heavy atom. The van der Waals surface area contributed by atoms with Crippen molar-refractivity contribution in [2.45, 2.75) is 0 Å². The number of methoxy groups -OCH3 is 1. The number of rotatable bonds is 4. The minimum Gasteiger partial charge on any atom is -0.493 e. The lowest BCUT2D eigenvalue weighted by molar-refractivity contribution is 0.389. The van der Waals surface area contributed by atoms with Gasteiger partial charge in [0.25, 0.3) is 0 Å². The zero-order valence-electron chi connectivity index (χ0n) is 7.85. The maximum Gasteiger partial charge on any atom is 0.382 e. The first kappa shape index (κ1) is 10.8. The van der Waals surface area contributed by atoms with E-state index in [0.717, 1.165) is 0 Å². The summed E-state index contributed by atoms with van der Waals surface area (Å²) < 4.78 is 33.8. The van der Waals surface area contributed by atoms with E-state index >= 15 is 0 Å². The lowest BCUT2D eigenvalue weighted by Gasteiger charge is -2.08. The van der Waals surface area contributed by atoms with Crippen molar-refractivity contribution in [1.29, 1.82) is 0 Å². The van der Waals surface area contributed by atoms with Crippen LogP contribution in [0, 0.1) is 0 Å². The highest BCUT2D eigenvalue weighted by Gasteiger charge is 2.12. The number of ether oxygens (including phenoxy) is 1. The Balaban J connectivity index is 2.97. The van der Waals surface area contributed by atoms with E-state index < -0.39 is 10.3 Å². The van der Waals surface area contributed by atoms with E-state index in [1.54, 1.807) is 18.2 Å². The zero-order chi connectivity index (χ0) is 10.6. The smallest absolute Gasteiger partial charge is 0.382 e.